The van der Waals surface area contributed by atoms with Crippen molar-refractivity contribution < 1.29 is 14.3 Å². The molecule has 2 aliphatic heterocycles. The molecule has 0 spiro atoms. The van der Waals surface area contributed by atoms with Crippen LogP contribution >= 0.6 is 0 Å². The number of nitrogens with one attached hydrogen (secondary N) is 1. The maximum absolute atomic E-state index is 14.5. The lowest BCUT2D eigenvalue weighted by atomic mass is 9.73. The van der Waals surface area contributed by atoms with E-state index in [2.05, 4.69) is 143 Å². The van der Waals surface area contributed by atoms with Crippen molar-refractivity contribution in [3.05, 3.63) is 155 Å². The molecule has 0 saturated carbocycles. The third-order valence-electron chi connectivity index (χ3n) is 10.5. The maximum atomic E-state index is 14.5. The van der Waals surface area contributed by atoms with E-state index in [0.717, 1.165) is 29.7 Å². The molecule has 2 heterocycles. The van der Waals surface area contributed by atoms with Crippen molar-refractivity contribution in [2.24, 2.45) is 0 Å². The van der Waals surface area contributed by atoms with Gasteiger partial charge in [0.2, 0.25) is 5.91 Å². The van der Waals surface area contributed by atoms with Gasteiger partial charge in [-0.2, -0.15) is 0 Å². The van der Waals surface area contributed by atoms with Crippen LogP contribution in [0.5, 0.6) is 11.5 Å². The highest BCUT2D eigenvalue weighted by Gasteiger charge is 2.53. The predicted octanol–water partition coefficient (Wildman–Crippen LogP) is 7.66. The van der Waals surface area contributed by atoms with E-state index >= 15 is 0 Å². The van der Waals surface area contributed by atoms with E-state index in [9.17, 15) is 4.79 Å². The molecule has 246 valence electrons. The number of rotatable bonds is 8. The first-order valence-corrected chi connectivity index (χ1v) is 17.1. The average molecular weight is 648 g/mol. The van der Waals surface area contributed by atoms with Gasteiger partial charge < -0.3 is 19.7 Å². The summed E-state index contributed by atoms with van der Waals surface area (Å²) in [5.41, 5.74) is 5.00. The van der Waals surface area contributed by atoms with E-state index in [0.29, 0.717) is 37.6 Å². The quantitative estimate of drug-likeness (QED) is 0.184. The minimum absolute atomic E-state index is 0.150. The minimum Gasteiger partial charge on any atom is -0.493 e. The summed E-state index contributed by atoms with van der Waals surface area (Å²) < 4.78 is 11.7. The summed E-state index contributed by atoms with van der Waals surface area (Å²) in [5.74, 6) is 1.54. The van der Waals surface area contributed by atoms with Crippen molar-refractivity contribution in [1.29, 1.82) is 0 Å². The highest BCUT2D eigenvalue weighted by molar-refractivity contribution is 5.87. The highest BCUT2D eigenvalue weighted by Crippen LogP contribution is 2.47. The predicted molar refractivity (Wildman–Crippen MR) is 196 cm³/mol. The van der Waals surface area contributed by atoms with Crippen molar-refractivity contribution in [3.63, 3.8) is 0 Å². The fourth-order valence-electron chi connectivity index (χ4n) is 8.27. The second-order valence-corrected chi connectivity index (χ2v) is 13.1. The molecule has 2 aliphatic rings. The van der Waals surface area contributed by atoms with Crippen LogP contribution in [0.4, 0.5) is 0 Å². The fraction of sp³-hybridized carbons (Fsp3) is 0.233. The first kappa shape index (κ1) is 31.1. The Morgan fingerprint density at radius 1 is 0.694 bits per heavy atom. The Labute approximate surface area is 287 Å². The van der Waals surface area contributed by atoms with Gasteiger partial charge in [0.15, 0.2) is 11.5 Å². The topological polar surface area (TPSA) is 54.0 Å². The molecule has 49 heavy (non-hydrogen) atoms. The zero-order valence-electron chi connectivity index (χ0n) is 28.1. The third-order valence-corrected chi connectivity index (χ3v) is 10.5. The van der Waals surface area contributed by atoms with Crippen molar-refractivity contribution in [2.45, 2.75) is 37.6 Å². The van der Waals surface area contributed by atoms with E-state index in [1.807, 2.05) is 0 Å². The molecule has 0 aromatic heterocycles. The summed E-state index contributed by atoms with van der Waals surface area (Å²) in [4.78, 5) is 19.2. The molecule has 0 bridgehead atoms. The Kier molecular flexibility index (Phi) is 8.28. The van der Waals surface area contributed by atoms with Crippen LogP contribution < -0.4 is 14.8 Å². The van der Waals surface area contributed by atoms with Crippen LogP contribution in [0.25, 0.3) is 21.5 Å². The molecule has 0 aliphatic carbocycles. The molecular weight excluding hydrogens is 606 g/mol. The van der Waals surface area contributed by atoms with Gasteiger partial charge in [-0.15, -0.1) is 0 Å². The number of amides is 1. The number of nitrogens with zero attached hydrogens (tertiary/aromatic N) is 2. The number of benzene rings is 6. The number of carbonyl (C=O) groups is 1. The molecule has 8 rings (SSSR count). The van der Waals surface area contributed by atoms with Crippen LogP contribution in [0, 0.1) is 0 Å². The summed E-state index contributed by atoms with van der Waals surface area (Å²) in [5, 5.41) is 8.85. The third kappa shape index (κ3) is 5.41. The van der Waals surface area contributed by atoms with Crippen LogP contribution in [0.3, 0.4) is 0 Å². The van der Waals surface area contributed by atoms with E-state index in [1.165, 1.54) is 32.7 Å². The van der Waals surface area contributed by atoms with Gasteiger partial charge in [0, 0.05) is 32.6 Å². The summed E-state index contributed by atoms with van der Waals surface area (Å²) in [6, 6.07) is 44.9. The second kappa shape index (κ2) is 13.0. The molecule has 1 saturated heterocycles. The van der Waals surface area contributed by atoms with Gasteiger partial charge in [-0.25, -0.2) is 0 Å². The fourth-order valence-corrected chi connectivity index (χ4v) is 8.27. The molecule has 6 aromatic carbocycles. The average Bonchev–Trinajstić information content (AvgIpc) is 3.16. The van der Waals surface area contributed by atoms with E-state index in [1.54, 1.807) is 14.2 Å². The van der Waals surface area contributed by atoms with Gasteiger partial charge in [-0.05, 0) is 67.9 Å². The van der Waals surface area contributed by atoms with E-state index in [4.69, 9.17) is 9.47 Å². The molecule has 1 amide bonds. The molecule has 2 unspecified atom stereocenters. The second-order valence-electron chi connectivity index (χ2n) is 13.1. The van der Waals surface area contributed by atoms with Crippen molar-refractivity contribution in [1.82, 2.24) is 15.1 Å². The van der Waals surface area contributed by atoms with Gasteiger partial charge in [0.1, 0.15) is 11.7 Å². The Balaban J connectivity index is 1.37. The van der Waals surface area contributed by atoms with Crippen LogP contribution in [0.15, 0.2) is 127 Å². The molecule has 0 radical (unpaired) electrons. The molecule has 6 aromatic rings. The van der Waals surface area contributed by atoms with Gasteiger partial charge >= 0.3 is 0 Å². The number of fused-ring (bicyclic) bond motifs is 3. The standard InChI is InChI=1S/C43H41N3O3/c1-48-39-26-32-22-24-44-43(35-18-4-3-5-19-35,38(32)27-40(39)49-2)42-45(28-33-16-10-14-30-12-6-8-20-36(30)33)25-23-41(47)46(42)29-34-17-11-15-31-13-7-9-21-37(31)34/h3-21,26-27,42,44H,22-25,28-29H2,1-2H3. The minimum atomic E-state index is -0.778. The van der Waals surface area contributed by atoms with Crippen LogP contribution in [-0.4, -0.2) is 49.2 Å². The zero-order chi connectivity index (χ0) is 33.4. The SMILES string of the molecule is COc1cc2c(cc1OC)C(c1ccccc1)(C1N(Cc3cccc4ccccc34)CCC(=O)N1Cc1cccc3ccccc13)NCC2. The van der Waals surface area contributed by atoms with Crippen LogP contribution in [-0.2, 0) is 29.8 Å². The first-order valence-electron chi connectivity index (χ1n) is 17.1. The monoisotopic (exact) mass is 647 g/mol. The molecule has 1 fully saturated rings. The summed E-state index contributed by atoms with van der Waals surface area (Å²) in [6.07, 6.45) is 0.902. The number of methoxy groups -OCH3 is 2. The summed E-state index contributed by atoms with van der Waals surface area (Å²) >= 11 is 0. The summed E-state index contributed by atoms with van der Waals surface area (Å²) in [6.45, 7) is 2.55. The lowest BCUT2D eigenvalue weighted by molar-refractivity contribution is -0.152. The van der Waals surface area contributed by atoms with Crippen LogP contribution in [0.2, 0.25) is 0 Å². The Morgan fingerprint density at radius 2 is 1.29 bits per heavy atom. The Hall–Kier alpha value is -5.17. The molecule has 6 heteroatoms. The Morgan fingerprint density at radius 3 is 1.96 bits per heavy atom. The highest BCUT2D eigenvalue weighted by atomic mass is 16.5. The van der Waals surface area contributed by atoms with Gasteiger partial charge in [-0.1, -0.05) is 115 Å². The smallest absolute Gasteiger partial charge is 0.225 e. The summed E-state index contributed by atoms with van der Waals surface area (Å²) in [7, 11) is 3.38. The van der Waals surface area contributed by atoms with E-state index in [-0.39, 0.29) is 12.1 Å². The first-order chi connectivity index (χ1) is 24.1. The van der Waals surface area contributed by atoms with Gasteiger partial charge in [-0.3, -0.25) is 9.69 Å². The van der Waals surface area contributed by atoms with Gasteiger partial charge in [0.05, 0.1) is 14.2 Å². The normalized spacial score (nSPS) is 19.6. The number of hydrogen-bond acceptors (Lipinski definition) is 5. The zero-order valence-corrected chi connectivity index (χ0v) is 28.1. The molecule has 2 atom stereocenters. The largest absolute Gasteiger partial charge is 0.493 e. The molecule has 1 N–H and O–H groups in total. The van der Waals surface area contributed by atoms with E-state index < -0.39 is 5.54 Å². The molecule has 6 nitrogen and oxygen atoms in total. The lowest BCUT2D eigenvalue weighted by Gasteiger charge is -2.56. The van der Waals surface area contributed by atoms with Crippen molar-refractivity contribution in [3.8, 4) is 11.5 Å². The lowest BCUT2D eigenvalue weighted by Crippen LogP contribution is -2.70. The van der Waals surface area contributed by atoms with Crippen molar-refractivity contribution in [2.75, 3.05) is 27.3 Å². The maximum Gasteiger partial charge on any atom is 0.225 e. The van der Waals surface area contributed by atoms with Crippen molar-refractivity contribution >= 4 is 27.5 Å². The van der Waals surface area contributed by atoms with Gasteiger partial charge in [0.25, 0.3) is 0 Å². The number of ether oxygens (including phenoxy) is 2. The Bertz CT molecular complexity index is 2140. The molecular formula is C43H41N3O3. The number of carbonyl (C=O) groups excluding carboxylic acids is 1. The van der Waals surface area contributed by atoms with Crippen LogP contribution in [0.1, 0.15) is 34.2 Å². The number of hydrogen-bond donors (Lipinski definition) is 1.